The summed E-state index contributed by atoms with van der Waals surface area (Å²) in [5.41, 5.74) is 2.56. The van der Waals surface area contributed by atoms with Crippen LogP contribution in [0.4, 0.5) is 0 Å². The Kier molecular flexibility index (Phi) is 3.62. The standard InChI is InChI=1S/C14H16NS/c1-3-15-13(10-11-16-2)9-8-12-6-4-5-7-14(12)15/h4-11H,3H2,1-2H3/q+1/b11-10+. The molecule has 1 nitrogen and oxygen atoms in total. The molecule has 0 amide bonds. The number of benzene rings is 1. The number of hydrogen-bond donors (Lipinski definition) is 0. The molecule has 1 aromatic carbocycles. The van der Waals surface area contributed by atoms with Crippen LogP contribution in [0.1, 0.15) is 12.6 Å². The average molecular weight is 230 g/mol. The molecule has 2 heteroatoms. The Balaban J connectivity index is 2.63. The van der Waals surface area contributed by atoms with E-state index in [-0.39, 0.29) is 0 Å². The quantitative estimate of drug-likeness (QED) is 0.730. The number of aromatic nitrogens is 1. The van der Waals surface area contributed by atoms with Crippen molar-refractivity contribution in [3.63, 3.8) is 0 Å². The van der Waals surface area contributed by atoms with E-state index in [1.165, 1.54) is 16.6 Å². The van der Waals surface area contributed by atoms with E-state index in [2.05, 4.69) is 65.6 Å². The van der Waals surface area contributed by atoms with Crippen LogP contribution < -0.4 is 4.57 Å². The van der Waals surface area contributed by atoms with Crippen LogP contribution in [0.15, 0.2) is 41.8 Å². The van der Waals surface area contributed by atoms with Crippen molar-refractivity contribution in [2.75, 3.05) is 6.26 Å². The Labute approximate surface area is 101 Å². The molecule has 0 aliphatic heterocycles. The number of rotatable bonds is 3. The lowest BCUT2D eigenvalue weighted by Gasteiger charge is -2.02. The second-order valence-electron chi connectivity index (χ2n) is 3.60. The summed E-state index contributed by atoms with van der Waals surface area (Å²) in [4.78, 5) is 0. The van der Waals surface area contributed by atoms with Gasteiger partial charge in [-0.2, -0.15) is 4.57 Å². The molecule has 1 heterocycles. The van der Waals surface area contributed by atoms with E-state index in [9.17, 15) is 0 Å². The minimum absolute atomic E-state index is 0.995. The third kappa shape index (κ3) is 2.12. The molecule has 0 bridgehead atoms. The topological polar surface area (TPSA) is 3.88 Å². The molecule has 1 aromatic heterocycles. The monoisotopic (exact) mass is 230 g/mol. The Hall–Kier alpha value is -1.28. The number of aryl methyl sites for hydroxylation is 1. The summed E-state index contributed by atoms with van der Waals surface area (Å²) in [6.07, 6.45) is 4.24. The minimum Gasteiger partial charge on any atom is -0.192 e. The summed E-state index contributed by atoms with van der Waals surface area (Å²) in [5, 5.41) is 3.42. The number of nitrogens with zero attached hydrogens (tertiary/aromatic N) is 1. The number of thioether (sulfide) groups is 1. The van der Waals surface area contributed by atoms with Gasteiger partial charge in [-0.25, -0.2) is 0 Å². The molecule has 0 saturated carbocycles. The number of pyridine rings is 1. The summed E-state index contributed by atoms with van der Waals surface area (Å²) in [6.45, 7) is 3.18. The van der Waals surface area contributed by atoms with Crippen molar-refractivity contribution in [2.24, 2.45) is 0 Å². The second kappa shape index (κ2) is 5.17. The Bertz CT molecular complexity index is 517. The molecule has 0 N–H and O–H groups in total. The molecular formula is C14H16NS+. The normalized spacial score (nSPS) is 11.4. The maximum absolute atomic E-state index is 2.34. The summed E-state index contributed by atoms with van der Waals surface area (Å²) in [7, 11) is 0. The van der Waals surface area contributed by atoms with Crippen LogP contribution in [0.25, 0.3) is 17.0 Å². The zero-order valence-electron chi connectivity index (χ0n) is 9.68. The Morgan fingerprint density at radius 1 is 1.19 bits per heavy atom. The lowest BCUT2D eigenvalue weighted by atomic mass is 10.2. The first-order chi connectivity index (χ1) is 7.86. The molecule has 0 radical (unpaired) electrons. The van der Waals surface area contributed by atoms with Gasteiger partial charge < -0.3 is 0 Å². The Morgan fingerprint density at radius 3 is 2.75 bits per heavy atom. The molecule has 0 unspecified atom stereocenters. The third-order valence-corrected chi connectivity index (χ3v) is 3.07. The minimum atomic E-state index is 0.995. The molecule has 0 aliphatic rings. The van der Waals surface area contributed by atoms with Gasteiger partial charge >= 0.3 is 0 Å². The number of fused-ring (bicyclic) bond motifs is 1. The van der Waals surface area contributed by atoms with Gasteiger partial charge in [0, 0.05) is 23.6 Å². The first-order valence-electron chi connectivity index (χ1n) is 5.47. The van der Waals surface area contributed by atoms with Crippen LogP contribution in [0.3, 0.4) is 0 Å². The molecule has 0 atom stereocenters. The maximum Gasteiger partial charge on any atom is 0.212 e. The van der Waals surface area contributed by atoms with Gasteiger partial charge in [0.05, 0.1) is 0 Å². The van der Waals surface area contributed by atoms with Crippen LogP contribution in [0.2, 0.25) is 0 Å². The molecule has 0 aliphatic carbocycles. The van der Waals surface area contributed by atoms with Crippen molar-refractivity contribution >= 4 is 28.7 Å². The van der Waals surface area contributed by atoms with E-state index in [0.717, 1.165) is 6.54 Å². The molecular weight excluding hydrogens is 214 g/mol. The second-order valence-corrected chi connectivity index (χ2v) is 4.34. The molecule has 82 valence electrons. The van der Waals surface area contributed by atoms with Gasteiger partial charge in [-0.1, -0.05) is 12.1 Å². The highest BCUT2D eigenvalue weighted by molar-refractivity contribution is 8.01. The van der Waals surface area contributed by atoms with Crippen molar-refractivity contribution in [1.29, 1.82) is 0 Å². The van der Waals surface area contributed by atoms with Gasteiger partial charge in [0.25, 0.3) is 0 Å². The SMILES string of the molecule is CC[n+]1c(/C=C/SC)ccc2ccccc21. The van der Waals surface area contributed by atoms with Crippen molar-refractivity contribution in [3.8, 4) is 0 Å². The van der Waals surface area contributed by atoms with Gasteiger partial charge in [0.1, 0.15) is 6.54 Å². The zero-order valence-corrected chi connectivity index (χ0v) is 10.5. The van der Waals surface area contributed by atoms with E-state index in [1.54, 1.807) is 11.8 Å². The van der Waals surface area contributed by atoms with Crippen molar-refractivity contribution in [2.45, 2.75) is 13.5 Å². The maximum atomic E-state index is 2.34. The predicted molar refractivity (Wildman–Crippen MR) is 72.4 cm³/mol. The van der Waals surface area contributed by atoms with E-state index >= 15 is 0 Å². The van der Waals surface area contributed by atoms with Crippen LogP contribution >= 0.6 is 11.8 Å². The largest absolute Gasteiger partial charge is 0.212 e. The van der Waals surface area contributed by atoms with E-state index in [0.29, 0.717) is 0 Å². The van der Waals surface area contributed by atoms with Gasteiger partial charge in [0.15, 0.2) is 0 Å². The Morgan fingerprint density at radius 2 is 2.00 bits per heavy atom. The average Bonchev–Trinajstić information content (AvgIpc) is 2.35. The van der Waals surface area contributed by atoms with Gasteiger partial charge in [-0.3, -0.25) is 0 Å². The summed E-state index contributed by atoms with van der Waals surface area (Å²) in [5.74, 6) is 0. The van der Waals surface area contributed by atoms with E-state index in [4.69, 9.17) is 0 Å². The zero-order chi connectivity index (χ0) is 11.4. The molecule has 0 saturated heterocycles. The molecule has 2 aromatic rings. The van der Waals surface area contributed by atoms with Crippen LogP contribution in [-0.2, 0) is 6.54 Å². The first-order valence-corrected chi connectivity index (χ1v) is 6.76. The smallest absolute Gasteiger partial charge is 0.192 e. The highest BCUT2D eigenvalue weighted by Crippen LogP contribution is 2.12. The molecule has 0 fully saturated rings. The summed E-state index contributed by atoms with van der Waals surface area (Å²) in [6, 6.07) is 12.9. The summed E-state index contributed by atoms with van der Waals surface area (Å²) < 4.78 is 2.34. The highest BCUT2D eigenvalue weighted by Gasteiger charge is 2.10. The third-order valence-electron chi connectivity index (χ3n) is 2.66. The van der Waals surface area contributed by atoms with Crippen LogP contribution in [0.5, 0.6) is 0 Å². The van der Waals surface area contributed by atoms with Crippen molar-refractivity contribution in [3.05, 3.63) is 47.5 Å². The predicted octanol–water partition coefficient (Wildman–Crippen LogP) is 3.48. The van der Waals surface area contributed by atoms with Crippen LogP contribution in [0, 0.1) is 0 Å². The van der Waals surface area contributed by atoms with Crippen molar-refractivity contribution < 1.29 is 4.57 Å². The first kappa shape index (κ1) is 11.2. The number of hydrogen-bond acceptors (Lipinski definition) is 1. The van der Waals surface area contributed by atoms with E-state index in [1.807, 2.05) is 0 Å². The fourth-order valence-electron chi connectivity index (χ4n) is 1.91. The van der Waals surface area contributed by atoms with Gasteiger partial charge in [-0.05, 0) is 30.7 Å². The fraction of sp³-hybridized carbons (Fsp3) is 0.214. The molecule has 16 heavy (non-hydrogen) atoms. The lowest BCUT2D eigenvalue weighted by Crippen LogP contribution is -2.36. The van der Waals surface area contributed by atoms with Gasteiger partial charge in [-0.15, -0.1) is 11.8 Å². The van der Waals surface area contributed by atoms with Crippen LogP contribution in [-0.4, -0.2) is 6.26 Å². The van der Waals surface area contributed by atoms with E-state index < -0.39 is 0 Å². The summed E-state index contributed by atoms with van der Waals surface area (Å²) >= 11 is 1.73. The van der Waals surface area contributed by atoms with Crippen molar-refractivity contribution in [1.82, 2.24) is 0 Å². The fourth-order valence-corrected chi connectivity index (χ4v) is 2.19. The van der Waals surface area contributed by atoms with Gasteiger partial charge in [0.2, 0.25) is 11.2 Å². The highest BCUT2D eigenvalue weighted by atomic mass is 32.2. The molecule has 0 spiro atoms. The lowest BCUT2D eigenvalue weighted by molar-refractivity contribution is -0.669. The molecule has 2 rings (SSSR count). The number of para-hydroxylation sites is 1.